The van der Waals surface area contributed by atoms with Crippen molar-refractivity contribution in [2.75, 3.05) is 37.7 Å². The molecule has 152 valence electrons. The SMILES string of the molecule is CCOC(=O)c1cc(C(=O)N2CCN(c3ccccc3F)CC2)cc([N+](=O)[O-])c1. The number of amides is 1. The molecular formula is C20H20FN3O5. The van der Waals surface area contributed by atoms with Crippen molar-refractivity contribution in [3.05, 3.63) is 69.5 Å². The van der Waals surface area contributed by atoms with E-state index in [-0.39, 0.29) is 29.2 Å². The first kappa shape index (κ1) is 20.2. The molecule has 9 heteroatoms. The quantitative estimate of drug-likeness (QED) is 0.435. The Balaban J connectivity index is 1.77. The Morgan fingerprint density at radius 2 is 1.76 bits per heavy atom. The van der Waals surface area contributed by atoms with E-state index in [0.29, 0.717) is 31.9 Å². The summed E-state index contributed by atoms with van der Waals surface area (Å²) in [7, 11) is 0. The van der Waals surface area contributed by atoms with Crippen molar-refractivity contribution < 1.29 is 23.6 Å². The van der Waals surface area contributed by atoms with Gasteiger partial charge in [0.1, 0.15) is 5.82 Å². The van der Waals surface area contributed by atoms with Gasteiger partial charge >= 0.3 is 5.97 Å². The number of halogens is 1. The molecule has 2 aromatic rings. The molecule has 0 spiro atoms. The molecule has 1 heterocycles. The van der Waals surface area contributed by atoms with Crippen LogP contribution >= 0.6 is 0 Å². The van der Waals surface area contributed by atoms with Crippen molar-refractivity contribution in [3.8, 4) is 0 Å². The fraction of sp³-hybridized carbons (Fsp3) is 0.300. The second kappa shape index (κ2) is 8.68. The number of para-hydroxylation sites is 1. The zero-order chi connectivity index (χ0) is 21.0. The van der Waals surface area contributed by atoms with Gasteiger partial charge in [-0.25, -0.2) is 9.18 Å². The zero-order valence-electron chi connectivity index (χ0n) is 15.8. The number of non-ortho nitro benzene ring substituents is 1. The average Bonchev–Trinajstić information content (AvgIpc) is 2.73. The molecule has 1 amide bonds. The maximum atomic E-state index is 14.0. The lowest BCUT2D eigenvalue weighted by Gasteiger charge is -2.36. The van der Waals surface area contributed by atoms with Crippen molar-refractivity contribution in [2.45, 2.75) is 6.92 Å². The minimum absolute atomic E-state index is 0.0431. The number of ether oxygens (including phenoxy) is 1. The molecule has 0 aromatic heterocycles. The first-order valence-electron chi connectivity index (χ1n) is 9.16. The lowest BCUT2D eigenvalue weighted by atomic mass is 10.1. The van der Waals surface area contributed by atoms with Crippen LogP contribution in [0.15, 0.2) is 42.5 Å². The predicted molar refractivity (Wildman–Crippen MR) is 104 cm³/mol. The minimum Gasteiger partial charge on any atom is -0.462 e. The average molecular weight is 401 g/mol. The number of rotatable bonds is 5. The highest BCUT2D eigenvalue weighted by Gasteiger charge is 2.26. The highest BCUT2D eigenvalue weighted by atomic mass is 19.1. The highest BCUT2D eigenvalue weighted by Crippen LogP contribution is 2.23. The molecule has 0 radical (unpaired) electrons. The van der Waals surface area contributed by atoms with Crippen LogP contribution in [0.25, 0.3) is 0 Å². The van der Waals surface area contributed by atoms with Crippen molar-refractivity contribution in [1.82, 2.24) is 4.90 Å². The van der Waals surface area contributed by atoms with Gasteiger partial charge < -0.3 is 14.5 Å². The predicted octanol–water partition coefficient (Wildman–Crippen LogP) is 2.87. The highest BCUT2D eigenvalue weighted by molar-refractivity contribution is 5.99. The molecule has 1 saturated heterocycles. The van der Waals surface area contributed by atoms with E-state index in [2.05, 4.69) is 0 Å². The zero-order valence-corrected chi connectivity index (χ0v) is 15.8. The van der Waals surface area contributed by atoms with Crippen LogP contribution in [0.4, 0.5) is 15.8 Å². The van der Waals surface area contributed by atoms with Gasteiger partial charge in [0.2, 0.25) is 0 Å². The lowest BCUT2D eigenvalue weighted by molar-refractivity contribution is -0.384. The maximum Gasteiger partial charge on any atom is 0.338 e. The summed E-state index contributed by atoms with van der Waals surface area (Å²) in [5.74, 6) is -1.48. The number of nitro groups is 1. The van der Waals surface area contributed by atoms with E-state index in [9.17, 15) is 24.1 Å². The summed E-state index contributed by atoms with van der Waals surface area (Å²) in [5.41, 5.74) is 0.111. The van der Waals surface area contributed by atoms with Crippen LogP contribution in [0.1, 0.15) is 27.6 Å². The molecule has 1 fully saturated rings. The molecule has 0 unspecified atom stereocenters. The molecule has 8 nitrogen and oxygen atoms in total. The summed E-state index contributed by atoms with van der Waals surface area (Å²) in [4.78, 5) is 38.8. The number of esters is 1. The Hall–Kier alpha value is -3.49. The third-order valence-electron chi connectivity index (χ3n) is 4.65. The Labute approximate surface area is 166 Å². The van der Waals surface area contributed by atoms with Crippen LogP contribution in [0.3, 0.4) is 0 Å². The second-order valence-corrected chi connectivity index (χ2v) is 6.48. The Kier molecular flexibility index (Phi) is 6.06. The van der Waals surface area contributed by atoms with Gasteiger partial charge in [-0.3, -0.25) is 14.9 Å². The number of nitro benzene ring substituents is 1. The summed E-state index contributed by atoms with van der Waals surface area (Å²) in [6, 6.07) is 9.96. The Bertz CT molecular complexity index is 941. The lowest BCUT2D eigenvalue weighted by Crippen LogP contribution is -2.49. The molecule has 1 aliphatic heterocycles. The van der Waals surface area contributed by atoms with Crippen molar-refractivity contribution in [3.63, 3.8) is 0 Å². The number of piperazine rings is 1. The van der Waals surface area contributed by atoms with Gasteiger partial charge in [-0.05, 0) is 25.1 Å². The smallest absolute Gasteiger partial charge is 0.338 e. The molecular weight excluding hydrogens is 381 g/mol. The topological polar surface area (TPSA) is 93.0 Å². The number of carbonyl (C=O) groups excluding carboxylic acids is 2. The van der Waals surface area contributed by atoms with Crippen LogP contribution in [-0.2, 0) is 4.74 Å². The fourth-order valence-electron chi connectivity index (χ4n) is 3.21. The Morgan fingerprint density at radius 1 is 1.10 bits per heavy atom. The number of benzene rings is 2. The molecule has 2 aromatic carbocycles. The van der Waals surface area contributed by atoms with Gasteiger partial charge in [0, 0.05) is 43.9 Å². The van der Waals surface area contributed by atoms with E-state index in [4.69, 9.17) is 4.74 Å². The maximum absolute atomic E-state index is 14.0. The van der Waals surface area contributed by atoms with Crippen LogP contribution in [0, 0.1) is 15.9 Å². The summed E-state index contributed by atoms with van der Waals surface area (Å²) in [6.07, 6.45) is 0. The van der Waals surface area contributed by atoms with Gasteiger partial charge in [0.05, 0.1) is 22.8 Å². The molecule has 0 atom stereocenters. The van der Waals surface area contributed by atoms with E-state index < -0.39 is 16.8 Å². The number of carbonyl (C=O) groups is 2. The largest absolute Gasteiger partial charge is 0.462 e. The standard InChI is InChI=1S/C20H20FN3O5/c1-2-29-20(26)15-11-14(12-16(13-15)24(27)28)19(25)23-9-7-22(8-10-23)18-6-4-3-5-17(18)21/h3-6,11-13H,2,7-10H2,1H3. The van der Waals surface area contributed by atoms with E-state index in [1.807, 2.05) is 4.90 Å². The number of anilines is 1. The molecule has 0 N–H and O–H groups in total. The second-order valence-electron chi connectivity index (χ2n) is 6.48. The summed E-state index contributed by atoms with van der Waals surface area (Å²) in [6.45, 7) is 3.23. The third-order valence-corrected chi connectivity index (χ3v) is 4.65. The van der Waals surface area contributed by atoms with Crippen molar-refractivity contribution in [2.24, 2.45) is 0 Å². The van der Waals surface area contributed by atoms with Gasteiger partial charge in [-0.2, -0.15) is 0 Å². The van der Waals surface area contributed by atoms with Gasteiger partial charge in [-0.1, -0.05) is 12.1 Å². The van der Waals surface area contributed by atoms with E-state index >= 15 is 0 Å². The van der Waals surface area contributed by atoms with Crippen LogP contribution in [-0.4, -0.2) is 54.5 Å². The van der Waals surface area contributed by atoms with Gasteiger partial charge in [0.25, 0.3) is 11.6 Å². The molecule has 0 aliphatic carbocycles. The molecule has 0 saturated carbocycles. The minimum atomic E-state index is -0.727. The van der Waals surface area contributed by atoms with Gasteiger partial charge in [0.15, 0.2) is 0 Å². The van der Waals surface area contributed by atoms with E-state index in [0.717, 1.165) is 12.1 Å². The van der Waals surface area contributed by atoms with Crippen LogP contribution in [0.5, 0.6) is 0 Å². The van der Waals surface area contributed by atoms with E-state index in [1.165, 1.54) is 17.0 Å². The fourth-order valence-corrected chi connectivity index (χ4v) is 3.21. The Morgan fingerprint density at radius 3 is 2.38 bits per heavy atom. The molecule has 29 heavy (non-hydrogen) atoms. The van der Waals surface area contributed by atoms with Crippen LogP contribution < -0.4 is 4.90 Å². The number of hydrogen-bond donors (Lipinski definition) is 0. The van der Waals surface area contributed by atoms with Crippen molar-refractivity contribution >= 4 is 23.3 Å². The molecule has 3 rings (SSSR count). The monoisotopic (exact) mass is 401 g/mol. The third kappa shape index (κ3) is 4.50. The molecule has 0 bridgehead atoms. The first-order valence-corrected chi connectivity index (χ1v) is 9.16. The summed E-state index contributed by atoms with van der Waals surface area (Å²) < 4.78 is 18.9. The summed E-state index contributed by atoms with van der Waals surface area (Å²) >= 11 is 0. The first-order chi connectivity index (χ1) is 13.9. The van der Waals surface area contributed by atoms with Crippen molar-refractivity contribution in [1.29, 1.82) is 0 Å². The molecule has 1 aliphatic rings. The number of nitrogens with zero attached hydrogens (tertiary/aromatic N) is 3. The normalized spacial score (nSPS) is 13.9. The van der Waals surface area contributed by atoms with E-state index in [1.54, 1.807) is 25.1 Å². The van der Waals surface area contributed by atoms with Crippen LogP contribution in [0.2, 0.25) is 0 Å². The summed E-state index contributed by atoms with van der Waals surface area (Å²) in [5, 5.41) is 11.2. The van der Waals surface area contributed by atoms with Gasteiger partial charge in [-0.15, -0.1) is 0 Å². The number of hydrogen-bond acceptors (Lipinski definition) is 6.